The van der Waals surface area contributed by atoms with E-state index in [1.807, 2.05) is 48.5 Å². The fraction of sp³-hybridized carbons (Fsp3) is 0.974. The van der Waals surface area contributed by atoms with E-state index >= 15 is 0 Å². The lowest BCUT2D eigenvalue weighted by molar-refractivity contribution is 0.0701. The third-order valence-electron chi connectivity index (χ3n) is 10.7. The molecule has 400 valence electrons. The van der Waals surface area contributed by atoms with E-state index in [1.54, 1.807) is 85.3 Å². The molecule has 2 N–H and O–H groups in total. The van der Waals surface area contributed by atoms with E-state index in [1.165, 1.54) is 0 Å². The van der Waals surface area contributed by atoms with Crippen LogP contribution in [0.2, 0.25) is 28.8 Å². The molecule has 0 saturated heterocycles. The molecule has 0 aliphatic heterocycles. The van der Waals surface area contributed by atoms with Gasteiger partial charge in [-0.05, 0) is 73.6 Å². The minimum absolute atomic E-state index is 0.192. The first-order valence-corrected chi connectivity index (χ1v) is 34.2. The molecule has 27 heteroatoms. The van der Waals surface area contributed by atoms with Crippen LogP contribution < -0.4 is 10.6 Å². The SMILES string of the molecule is CCC(CCC[Si](OC)(OC)OC)[Si](OC)(OC)OC.CCO[Si](CCCNC(=O)NCCC[Si](OCC)(OCC)OCC)(OCC)OCC.CO[Si](OC)(OC)C(C)[Si](OC)(OC)OC. The number of hydrogen-bond donors (Lipinski definition) is 2. The smallest absolute Gasteiger partial charge is 0.377 e. The Morgan fingerprint density at radius 1 is 0.394 bits per heavy atom. The van der Waals surface area contributed by atoms with Gasteiger partial charge in [-0.1, -0.05) is 13.8 Å². The second kappa shape index (κ2) is 40.4. The molecule has 21 nitrogen and oxygen atoms in total. The van der Waals surface area contributed by atoms with Gasteiger partial charge in [-0.3, -0.25) is 0 Å². The minimum Gasteiger partial charge on any atom is -0.377 e. The Bertz CT molecular complexity index is 1010. The third kappa shape index (κ3) is 23.8. The molecule has 1 unspecified atom stereocenters. The maximum Gasteiger partial charge on any atom is 0.507 e. The largest absolute Gasteiger partial charge is 0.507 e. The van der Waals surface area contributed by atoms with Crippen LogP contribution >= 0.6 is 0 Å². The quantitative estimate of drug-likeness (QED) is 0.0522. The van der Waals surface area contributed by atoms with Crippen molar-refractivity contribution in [2.45, 2.75) is 116 Å². The van der Waals surface area contributed by atoms with Crippen LogP contribution in [-0.2, 0) is 79.7 Å². The average Bonchev–Trinajstić information content (AvgIpc) is 3.33. The molecular formula is C39H96N2O19Si6. The Labute approximate surface area is 406 Å². The Morgan fingerprint density at radius 3 is 0.894 bits per heavy atom. The number of amides is 2. The van der Waals surface area contributed by atoms with Crippen molar-refractivity contribution in [2.24, 2.45) is 0 Å². The van der Waals surface area contributed by atoms with E-state index < -0.39 is 52.8 Å². The fourth-order valence-electron chi connectivity index (χ4n) is 7.36. The Morgan fingerprint density at radius 2 is 0.667 bits per heavy atom. The summed E-state index contributed by atoms with van der Waals surface area (Å²) in [5.74, 6) is 0. The van der Waals surface area contributed by atoms with Gasteiger partial charge in [0.2, 0.25) is 0 Å². The summed E-state index contributed by atoms with van der Waals surface area (Å²) in [4.78, 5) is 12.1. The van der Waals surface area contributed by atoms with E-state index in [2.05, 4.69) is 17.6 Å². The molecule has 0 aliphatic rings. The van der Waals surface area contributed by atoms with Crippen molar-refractivity contribution in [1.82, 2.24) is 10.6 Å². The van der Waals surface area contributed by atoms with E-state index in [-0.39, 0.29) is 16.7 Å². The summed E-state index contributed by atoms with van der Waals surface area (Å²) >= 11 is 0. The van der Waals surface area contributed by atoms with Crippen LogP contribution in [0.3, 0.4) is 0 Å². The Kier molecular flexibility index (Phi) is 43.0. The van der Waals surface area contributed by atoms with Gasteiger partial charge in [-0.2, -0.15) is 0 Å². The number of carbonyl (C=O) groups excluding carboxylic acids is 1. The van der Waals surface area contributed by atoms with Gasteiger partial charge < -0.3 is 90.3 Å². The topological polar surface area (TPSA) is 207 Å². The highest BCUT2D eigenvalue weighted by atomic mass is 28.5. The van der Waals surface area contributed by atoms with Crippen molar-refractivity contribution in [1.29, 1.82) is 0 Å². The van der Waals surface area contributed by atoms with Crippen LogP contribution in [0.15, 0.2) is 0 Å². The molecule has 0 saturated carbocycles. The van der Waals surface area contributed by atoms with Crippen LogP contribution in [0, 0.1) is 0 Å². The van der Waals surface area contributed by atoms with Crippen LogP contribution in [0.5, 0.6) is 0 Å². The number of rotatable bonds is 40. The van der Waals surface area contributed by atoms with Gasteiger partial charge in [-0.15, -0.1) is 0 Å². The molecule has 1 atom stereocenters. The van der Waals surface area contributed by atoms with Crippen molar-refractivity contribution in [3.63, 3.8) is 0 Å². The molecule has 66 heavy (non-hydrogen) atoms. The molecule has 0 spiro atoms. The van der Waals surface area contributed by atoms with Crippen molar-refractivity contribution in [2.75, 3.05) is 138 Å². The summed E-state index contributed by atoms with van der Waals surface area (Å²) < 4.78 is 100. The number of nitrogens with one attached hydrogen (secondary N) is 2. The van der Waals surface area contributed by atoms with Gasteiger partial charge in [0.15, 0.2) is 0 Å². The number of hydrogen-bond acceptors (Lipinski definition) is 19. The van der Waals surface area contributed by atoms with E-state index in [0.29, 0.717) is 64.8 Å². The highest BCUT2D eigenvalue weighted by Crippen LogP contribution is 2.35. The highest BCUT2D eigenvalue weighted by Gasteiger charge is 2.61. The normalized spacial score (nSPS) is 13.2. The van der Waals surface area contributed by atoms with Crippen molar-refractivity contribution in [3.8, 4) is 0 Å². The van der Waals surface area contributed by atoms with Crippen LogP contribution in [0.25, 0.3) is 0 Å². The molecule has 0 bridgehead atoms. The van der Waals surface area contributed by atoms with Gasteiger partial charge >= 0.3 is 58.9 Å². The third-order valence-corrected chi connectivity index (χ3v) is 30.9. The van der Waals surface area contributed by atoms with E-state index in [0.717, 1.165) is 38.1 Å². The molecule has 0 radical (unpaired) electrons. The van der Waals surface area contributed by atoms with Crippen molar-refractivity contribution < 1.29 is 84.5 Å². The zero-order valence-corrected chi connectivity index (χ0v) is 50.7. The lowest BCUT2D eigenvalue weighted by Gasteiger charge is -2.37. The summed E-state index contributed by atoms with van der Waals surface area (Å²) in [5, 5.41) is 5.55. The van der Waals surface area contributed by atoms with Crippen LogP contribution in [0.1, 0.15) is 87.5 Å². The molecule has 0 aromatic rings. The summed E-state index contributed by atoms with van der Waals surface area (Å²) in [6.07, 6.45) is 4.26. The van der Waals surface area contributed by atoms with Crippen molar-refractivity contribution >= 4 is 58.9 Å². The van der Waals surface area contributed by atoms with Crippen molar-refractivity contribution in [3.05, 3.63) is 0 Å². The van der Waals surface area contributed by atoms with Crippen LogP contribution in [-0.4, -0.2) is 197 Å². The molecule has 2 amide bonds. The van der Waals surface area contributed by atoms with Gasteiger partial charge in [-0.25, -0.2) is 4.79 Å². The molecule has 0 rings (SSSR count). The fourth-order valence-corrected chi connectivity index (χ4v) is 23.9. The van der Waals surface area contributed by atoms with Gasteiger partial charge in [0.05, 0.1) is 5.16 Å². The Hall–Kier alpha value is -0.149. The Balaban J connectivity index is -0.000000957. The van der Waals surface area contributed by atoms with Gasteiger partial charge in [0.1, 0.15) is 0 Å². The zero-order valence-electron chi connectivity index (χ0n) is 44.7. The summed E-state index contributed by atoms with van der Waals surface area (Å²) in [5.41, 5.74) is 0.264. The predicted molar refractivity (Wildman–Crippen MR) is 266 cm³/mol. The molecular weight excluding hydrogens is 969 g/mol. The lowest BCUT2D eigenvalue weighted by atomic mass is 10.2. The standard InChI is InChI=1S/C19H44N2O7Si2.C12H30O6Si2.C8H22O6Si2/c1-7-23-29(24-8-2,25-9-3)17-13-15-20-19(22)21-16-14-18-30(26-10-4,27-11-5)28-12-6;1-8-12(20(16-5,17-6)18-7)10-9-11-19(13-2,14-3)15-4;1-8(15(9-2,10-3)11-4)16(12-5,13-6)14-7/h7-18H2,1-6H3,(H2,20,21,22);12H,8-11H2,1-7H3;8H,1-7H3. The summed E-state index contributed by atoms with van der Waals surface area (Å²) in [6, 6.07) is 1.93. The second-order valence-corrected chi connectivity index (χ2v) is 33.0. The molecule has 0 aromatic carbocycles. The minimum atomic E-state index is -2.83. The monoisotopic (exact) mass is 1060 g/mol. The molecule has 0 fully saturated rings. The first-order valence-electron chi connectivity index (χ1n) is 23.0. The highest BCUT2D eigenvalue weighted by molar-refractivity contribution is 6.82. The number of carbonyl (C=O) groups is 1. The van der Waals surface area contributed by atoms with Gasteiger partial charge in [0.25, 0.3) is 0 Å². The lowest BCUT2D eigenvalue weighted by Crippen LogP contribution is -2.61. The maximum absolute atomic E-state index is 12.1. The number of urea groups is 1. The van der Waals surface area contributed by atoms with E-state index in [4.69, 9.17) is 79.7 Å². The summed E-state index contributed by atoms with van der Waals surface area (Å²) in [6.45, 7) is 20.0. The van der Waals surface area contributed by atoms with Crippen LogP contribution in [0.4, 0.5) is 4.79 Å². The molecule has 0 aliphatic carbocycles. The average molecular weight is 1070 g/mol. The van der Waals surface area contributed by atoms with Gasteiger partial charge in [0, 0.05) is 162 Å². The van der Waals surface area contributed by atoms with E-state index in [9.17, 15) is 4.79 Å². The molecule has 0 heterocycles. The summed E-state index contributed by atoms with van der Waals surface area (Å²) in [7, 11) is 3.13. The maximum atomic E-state index is 12.1. The molecule has 0 aromatic heterocycles. The predicted octanol–water partition coefficient (Wildman–Crippen LogP) is 6.14. The first kappa shape index (κ1) is 70.1. The zero-order chi connectivity index (χ0) is 51.2. The first-order chi connectivity index (χ1) is 31.5. The second-order valence-electron chi connectivity index (χ2n) is 14.0.